The molecule has 0 aliphatic heterocycles. The van der Waals surface area contributed by atoms with E-state index < -0.39 is 5.54 Å². The number of thioether (sulfide) groups is 1. The molecule has 1 aromatic rings. The Morgan fingerprint density at radius 2 is 2.00 bits per heavy atom. The van der Waals surface area contributed by atoms with Gasteiger partial charge in [0.05, 0.1) is 11.3 Å². The van der Waals surface area contributed by atoms with Crippen molar-refractivity contribution in [1.29, 1.82) is 5.26 Å². The third kappa shape index (κ3) is 3.44. The van der Waals surface area contributed by atoms with Crippen molar-refractivity contribution in [2.45, 2.75) is 81.3 Å². The lowest BCUT2D eigenvalue weighted by molar-refractivity contribution is -0.121. The summed E-state index contributed by atoms with van der Waals surface area (Å²) < 4.78 is 2.25. The highest BCUT2D eigenvalue weighted by Gasteiger charge is 2.37. The molecule has 0 radical (unpaired) electrons. The highest BCUT2D eigenvalue weighted by Crippen LogP contribution is 2.46. The maximum absolute atomic E-state index is 12.5. The molecule has 6 nitrogen and oxygen atoms in total. The maximum atomic E-state index is 12.5. The van der Waals surface area contributed by atoms with Crippen LogP contribution in [0.2, 0.25) is 0 Å². The van der Waals surface area contributed by atoms with Gasteiger partial charge in [0.15, 0.2) is 5.16 Å². The monoisotopic (exact) mass is 347 g/mol. The van der Waals surface area contributed by atoms with Crippen LogP contribution in [0.3, 0.4) is 0 Å². The van der Waals surface area contributed by atoms with Crippen molar-refractivity contribution in [2.75, 3.05) is 0 Å². The first-order valence-corrected chi connectivity index (χ1v) is 9.58. The van der Waals surface area contributed by atoms with Gasteiger partial charge < -0.3 is 9.88 Å². The third-order valence-corrected chi connectivity index (χ3v) is 6.02. The van der Waals surface area contributed by atoms with Gasteiger partial charge in [-0.2, -0.15) is 5.26 Å². The Bertz CT molecular complexity index is 671. The van der Waals surface area contributed by atoms with Gasteiger partial charge in [-0.3, -0.25) is 4.79 Å². The van der Waals surface area contributed by atoms with E-state index in [2.05, 4.69) is 26.2 Å². The van der Waals surface area contributed by atoms with E-state index in [1.54, 1.807) is 6.92 Å². The predicted molar refractivity (Wildman–Crippen MR) is 92.6 cm³/mol. The minimum absolute atomic E-state index is 0.0419. The van der Waals surface area contributed by atoms with Gasteiger partial charge in [0.25, 0.3) is 0 Å². The number of hydrogen-bond acceptors (Lipinski definition) is 5. The van der Waals surface area contributed by atoms with Crippen molar-refractivity contribution in [2.24, 2.45) is 5.92 Å². The normalized spacial score (nSPS) is 21.2. The Kier molecular flexibility index (Phi) is 4.60. The predicted octanol–water partition coefficient (Wildman–Crippen LogP) is 3.03. The number of carbonyl (C=O) groups is 1. The Hall–Kier alpha value is -1.55. The first-order chi connectivity index (χ1) is 11.4. The number of aromatic nitrogens is 3. The van der Waals surface area contributed by atoms with Gasteiger partial charge in [0, 0.05) is 12.0 Å². The lowest BCUT2D eigenvalue weighted by atomic mass is 9.90. The molecule has 1 amide bonds. The Labute approximate surface area is 147 Å². The summed E-state index contributed by atoms with van der Waals surface area (Å²) in [4.78, 5) is 12.5. The van der Waals surface area contributed by atoms with Crippen LogP contribution in [0.5, 0.6) is 0 Å². The van der Waals surface area contributed by atoms with Gasteiger partial charge in [0.1, 0.15) is 11.4 Å². The van der Waals surface area contributed by atoms with E-state index in [4.69, 9.17) is 0 Å². The Morgan fingerprint density at radius 3 is 2.50 bits per heavy atom. The molecule has 2 fully saturated rings. The number of carbonyl (C=O) groups excluding carboxylic acids is 1. The number of rotatable bonds is 7. The zero-order valence-corrected chi connectivity index (χ0v) is 15.6. The lowest BCUT2D eigenvalue weighted by Gasteiger charge is -2.28. The van der Waals surface area contributed by atoms with Crippen LogP contribution in [0.25, 0.3) is 0 Å². The van der Waals surface area contributed by atoms with Crippen LogP contribution < -0.4 is 5.32 Å². The van der Waals surface area contributed by atoms with Crippen LogP contribution >= 0.6 is 11.8 Å². The van der Waals surface area contributed by atoms with E-state index in [-0.39, 0.29) is 17.1 Å². The Morgan fingerprint density at radius 1 is 1.33 bits per heavy atom. The molecule has 0 spiro atoms. The van der Waals surface area contributed by atoms with Gasteiger partial charge >= 0.3 is 0 Å². The van der Waals surface area contributed by atoms with Crippen molar-refractivity contribution in [3.63, 3.8) is 0 Å². The second-order valence-electron chi connectivity index (χ2n) is 7.43. The fourth-order valence-electron chi connectivity index (χ4n) is 2.54. The highest BCUT2D eigenvalue weighted by atomic mass is 32.2. The minimum atomic E-state index is -0.852. The molecule has 2 saturated carbocycles. The van der Waals surface area contributed by atoms with Crippen LogP contribution in [0.4, 0.5) is 0 Å². The number of nitrogens with one attached hydrogen (secondary N) is 1. The van der Waals surface area contributed by atoms with Crippen molar-refractivity contribution >= 4 is 17.7 Å². The zero-order valence-electron chi connectivity index (χ0n) is 14.7. The van der Waals surface area contributed by atoms with Gasteiger partial charge in [-0.1, -0.05) is 25.6 Å². The molecule has 130 valence electrons. The first-order valence-electron chi connectivity index (χ1n) is 8.70. The number of nitriles is 1. The molecular weight excluding hydrogens is 322 g/mol. The summed E-state index contributed by atoms with van der Waals surface area (Å²) in [6.07, 6.45) is 4.73. The summed E-state index contributed by atoms with van der Waals surface area (Å²) in [5, 5.41) is 21.5. The van der Waals surface area contributed by atoms with Crippen LogP contribution in [0.15, 0.2) is 5.16 Å². The molecule has 1 N–H and O–H groups in total. The summed E-state index contributed by atoms with van der Waals surface area (Å²) in [7, 11) is 0. The number of amides is 1. The zero-order chi connectivity index (χ0) is 17.5. The van der Waals surface area contributed by atoms with E-state index in [1.165, 1.54) is 37.4 Å². The highest BCUT2D eigenvalue weighted by molar-refractivity contribution is 8.00. The fourth-order valence-corrected chi connectivity index (χ4v) is 3.46. The smallest absolute Gasteiger partial charge is 0.234 e. The largest absolute Gasteiger partial charge is 0.337 e. The van der Waals surface area contributed by atoms with Crippen molar-refractivity contribution < 1.29 is 4.79 Å². The van der Waals surface area contributed by atoms with Gasteiger partial charge in [-0.25, -0.2) is 0 Å². The molecule has 0 saturated heterocycles. The van der Waals surface area contributed by atoms with E-state index in [9.17, 15) is 10.1 Å². The molecule has 3 rings (SSSR count). The molecule has 2 atom stereocenters. The topological polar surface area (TPSA) is 83.6 Å². The van der Waals surface area contributed by atoms with Crippen molar-refractivity contribution in [3.05, 3.63) is 5.82 Å². The fraction of sp³-hybridized carbons (Fsp3) is 0.765. The number of nitrogens with zero attached hydrogens (tertiary/aromatic N) is 4. The SMILES string of the molecule is CC(C)[C@](C)(C#N)NC(=O)[C@@H](C)Sc1nnc(C2CC2)n1C1CC1. The van der Waals surface area contributed by atoms with Crippen molar-refractivity contribution in [1.82, 2.24) is 20.1 Å². The van der Waals surface area contributed by atoms with Crippen LogP contribution in [-0.2, 0) is 4.79 Å². The quantitative estimate of drug-likeness (QED) is 0.767. The van der Waals surface area contributed by atoms with E-state index in [0.717, 1.165) is 11.0 Å². The second kappa shape index (κ2) is 6.40. The van der Waals surface area contributed by atoms with Crippen LogP contribution in [-0.4, -0.2) is 31.5 Å². The van der Waals surface area contributed by atoms with Gasteiger partial charge in [-0.05, 0) is 45.4 Å². The van der Waals surface area contributed by atoms with E-state index in [1.807, 2.05) is 20.8 Å². The molecule has 7 heteroatoms. The molecule has 1 heterocycles. The molecule has 0 aromatic carbocycles. The number of hydrogen-bond donors (Lipinski definition) is 1. The summed E-state index contributed by atoms with van der Waals surface area (Å²) in [6, 6.07) is 2.73. The maximum Gasteiger partial charge on any atom is 0.234 e. The summed E-state index contributed by atoms with van der Waals surface area (Å²) in [5.41, 5.74) is -0.852. The Balaban J connectivity index is 1.70. The lowest BCUT2D eigenvalue weighted by Crippen LogP contribution is -2.51. The molecule has 0 bridgehead atoms. The average molecular weight is 347 g/mol. The standard InChI is InChI=1S/C17H25N5OS/c1-10(2)17(4,9-18)19-15(23)11(3)24-16-21-20-14(12-5-6-12)22(16)13-7-8-13/h10-13H,5-8H2,1-4H3,(H,19,23)/t11-,17+/m1/s1. The molecule has 2 aliphatic rings. The average Bonchev–Trinajstić information content (AvgIpc) is 3.46. The minimum Gasteiger partial charge on any atom is -0.337 e. The molecule has 1 aromatic heterocycles. The van der Waals surface area contributed by atoms with Crippen LogP contribution in [0.1, 0.15) is 71.2 Å². The van der Waals surface area contributed by atoms with Crippen molar-refractivity contribution in [3.8, 4) is 6.07 Å². The molecule has 24 heavy (non-hydrogen) atoms. The summed E-state index contributed by atoms with van der Waals surface area (Å²) in [5.74, 6) is 1.56. The summed E-state index contributed by atoms with van der Waals surface area (Å²) >= 11 is 1.44. The van der Waals surface area contributed by atoms with E-state index in [0.29, 0.717) is 12.0 Å². The molecule has 2 aliphatic carbocycles. The molecule has 0 unspecified atom stereocenters. The second-order valence-corrected chi connectivity index (χ2v) is 8.74. The molecular formula is C17H25N5OS. The van der Waals surface area contributed by atoms with Crippen LogP contribution in [0, 0.1) is 17.2 Å². The summed E-state index contributed by atoms with van der Waals surface area (Å²) in [6.45, 7) is 7.51. The van der Waals surface area contributed by atoms with Gasteiger partial charge in [0.2, 0.25) is 5.91 Å². The van der Waals surface area contributed by atoms with E-state index >= 15 is 0 Å². The first kappa shape index (κ1) is 17.3. The van der Waals surface area contributed by atoms with Gasteiger partial charge in [-0.15, -0.1) is 10.2 Å². The third-order valence-electron chi connectivity index (χ3n) is 4.97.